The molecule has 1 saturated heterocycles. The van der Waals surface area contributed by atoms with Crippen LogP contribution in [0, 0.1) is 0 Å². The Hall–Kier alpha value is 1.40. The number of hydrogen-bond donors (Lipinski definition) is 0. The second-order valence-corrected chi connectivity index (χ2v) is 9.55. The average molecular weight is 199 g/mol. The molecule has 1 aliphatic rings. The Kier molecular flexibility index (Phi) is 4.07. The molecule has 0 spiro atoms. The number of hydrogen-bond acceptors (Lipinski definition) is 3. The topological polar surface area (TPSA) is 0 Å². The molecule has 0 saturated carbocycles. The fourth-order valence-corrected chi connectivity index (χ4v) is 9.41. The molecule has 0 N–H and O–H groups in total. The zero-order valence-electron chi connectivity index (χ0n) is 5.62. The van der Waals surface area contributed by atoms with Crippen molar-refractivity contribution in [3.63, 3.8) is 0 Å². The molecule has 0 aromatic heterocycles. The van der Waals surface area contributed by atoms with Gasteiger partial charge in [0.05, 0.1) is 9.93 Å². The largest absolute Gasteiger partial charge is 0.277 e. The van der Waals surface area contributed by atoms with Crippen molar-refractivity contribution >= 4 is 42.3 Å². The van der Waals surface area contributed by atoms with Gasteiger partial charge in [0, 0.05) is 5.75 Å². The number of rotatable bonds is 4. The summed E-state index contributed by atoms with van der Waals surface area (Å²) in [6.45, 7) is 4.50. The lowest BCUT2D eigenvalue weighted by molar-refractivity contribution is 1.52. The van der Waals surface area contributed by atoms with Crippen molar-refractivity contribution in [1.82, 2.24) is 0 Å². The Morgan fingerprint density at radius 1 is 1.56 bits per heavy atom. The van der Waals surface area contributed by atoms with Crippen LogP contribution < -0.4 is 0 Å². The van der Waals surface area contributed by atoms with Gasteiger partial charge in [-0.3, -0.25) is 0 Å². The summed E-state index contributed by atoms with van der Waals surface area (Å²) in [5.74, 6) is 2.63. The van der Waals surface area contributed by atoms with Crippen molar-refractivity contribution in [3.8, 4) is 0 Å². The fourth-order valence-electron chi connectivity index (χ4n) is 0.466. The molecule has 1 aliphatic heterocycles. The summed E-state index contributed by atoms with van der Waals surface area (Å²) in [6, 6.07) is 0. The Balaban J connectivity index is 1.92. The smallest absolute Gasteiger partial charge is 0.0884 e. The van der Waals surface area contributed by atoms with E-state index in [0.29, 0.717) is 0 Å². The lowest BCUT2D eigenvalue weighted by Gasteiger charge is -1.84. The van der Waals surface area contributed by atoms with Gasteiger partial charge < -0.3 is 0 Å². The molecule has 1 heterocycles. The van der Waals surface area contributed by atoms with Gasteiger partial charge in [-0.25, -0.2) is 0 Å². The van der Waals surface area contributed by atoms with E-state index in [1.165, 1.54) is 11.5 Å². The van der Waals surface area contributed by atoms with Crippen LogP contribution in [-0.2, 0) is 9.93 Å². The molecule has 0 nitrogen and oxygen atoms in total. The highest BCUT2D eigenvalue weighted by molar-refractivity contribution is 9.00. The quantitative estimate of drug-likeness (QED) is 0.388. The lowest BCUT2D eigenvalue weighted by Crippen LogP contribution is -1.83. The van der Waals surface area contributed by atoms with E-state index in [0.717, 1.165) is 13.8 Å². The van der Waals surface area contributed by atoms with Crippen LogP contribution in [0.1, 0.15) is 13.8 Å². The Bertz CT molecular complexity index is 85.0. The first kappa shape index (κ1) is 8.50. The van der Waals surface area contributed by atoms with Crippen molar-refractivity contribution in [2.45, 2.75) is 17.8 Å². The third-order valence-electron chi connectivity index (χ3n) is 0.928. The molecular weight excluding hydrogens is 188 g/mol. The summed E-state index contributed by atoms with van der Waals surface area (Å²) in [7, 11) is 6.96. The van der Waals surface area contributed by atoms with E-state index in [1.807, 2.05) is 10.8 Å². The molecule has 1 rings (SSSR count). The Labute approximate surface area is 71.5 Å². The van der Waals surface area contributed by atoms with Gasteiger partial charge in [-0.15, -0.1) is 0 Å². The predicted octanol–water partition coefficient (Wildman–Crippen LogP) is 2.97. The summed E-state index contributed by atoms with van der Waals surface area (Å²) >= 11 is 0. The molecule has 0 amide bonds. The van der Waals surface area contributed by atoms with E-state index in [-0.39, 0.29) is 0 Å². The van der Waals surface area contributed by atoms with Gasteiger partial charge in [-0.2, -0.15) is 0 Å². The molecule has 2 atom stereocenters. The summed E-state index contributed by atoms with van der Waals surface area (Å²) < 4.78 is 0.958. The van der Waals surface area contributed by atoms with Crippen molar-refractivity contribution in [3.05, 3.63) is 0 Å². The second-order valence-electron chi connectivity index (χ2n) is 1.56. The van der Waals surface area contributed by atoms with Gasteiger partial charge in [0.15, 0.2) is 10.8 Å². The molecule has 0 aromatic rings. The summed E-state index contributed by atoms with van der Waals surface area (Å²) in [6.07, 6.45) is 0. The summed E-state index contributed by atoms with van der Waals surface area (Å²) in [5, 5.41) is 0. The average Bonchev–Trinajstić information content (AvgIpc) is 2.62. The summed E-state index contributed by atoms with van der Waals surface area (Å²) in [4.78, 5) is 0. The molecule has 1 fully saturated rings. The molecule has 2 unspecified atom stereocenters. The van der Waals surface area contributed by atoms with Gasteiger partial charge >= 0.3 is 0 Å². The van der Waals surface area contributed by atoms with Gasteiger partial charge in [0.25, 0.3) is 3.91 Å². The zero-order valence-corrected chi connectivity index (χ0v) is 8.89. The molecule has 0 aromatic carbocycles. The first-order valence-corrected chi connectivity index (χ1v) is 8.27. The predicted molar refractivity (Wildman–Crippen MR) is 55.0 cm³/mol. The van der Waals surface area contributed by atoms with Gasteiger partial charge in [0.1, 0.15) is 5.75 Å². The maximum Gasteiger partial charge on any atom is 0.277 e. The monoisotopic (exact) mass is 199 g/mol. The van der Waals surface area contributed by atoms with E-state index < -0.39 is 0 Å². The lowest BCUT2D eigenvalue weighted by atomic mass is 11.0. The molecule has 0 bridgehead atoms. The first-order chi connectivity index (χ1) is 4.38. The maximum atomic E-state index is 2.29. The highest BCUT2D eigenvalue weighted by Crippen LogP contribution is 2.56. The first-order valence-electron chi connectivity index (χ1n) is 3.03. The van der Waals surface area contributed by atoms with Gasteiger partial charge in [-0.05, 0) is 17.7 Å². The van der Waals surface area contributed by atoms with Crippen molar-refractivity contribution in [1.29, 1.82) is 0 Å². The summed E-state index contributed by atoms with van der Waals surface area (Å²) in [5.41, 5.74) is 0. The molecule has 9 heavy (non-hydrogen) atoms. The van der Waals surface area contributed by atoms with E-state index in [4.69, 9.17) is 0 Å². The van der Waals surface area contributed by atoms with Crippen LogP contribution in [0.4, 0.5) is 0 Å². The van der Waals surface area contributed by atoms with Gasteiger partial charge in [-0.1, -0.05) is 17.7 Å². The SMILES string of the molecule is CCSSC1S[S+]1CC. The zero-order chi connectivity index (χ0) is 6.69. The van der Waals surface area contributed by atoms with Crippen LogP contribution in [0.15, 0.2) is 0 Å². The van der Waals surface area contributed by atoms with Crippen LogP contribution in [0.3, 0.4) is 0 Å². The molecular formula is C5H11S4+. The molecule has 0 aliphatic carbocycles. The van der Waals surface area contributed by atoms with Crippen molar-refractivity contribution in [2.75, 3.05) is 11.5 Å². The molecule has 4 heteroatoms. The van der Waals surface area contributed by atoms with E-state index in [2.05, 4.69) is 35.4 Å². The van der Waals surface area contributed by atoms with Crippen molar-refractivity contribution in [2.24, 2.45) is 0 Å². The van der Waals surface area contributed by atoms with E-state index >= 15 is 0 Å². The van der Waals surface area contributed by atoms with Crippen LogP contribution >= 0.6 is 32.4 Å². The van der Waals surface area contributed by atoms with E-state index in [1.54, 1.807) is 0 Å². The van der Waals surface area contributed by atoms with Gasteiger partial charge in [0.2, 0.25) is 0 Å². The third kappa shape index (κ3) is 2.87. The molecule has 54 valence electrons. The minimum absolute atomic E-state index is 0.747. The minimum Gasteiger partial charge on any atom is -0.0884 e. The highest BCUT2D eigenvalue weighted by atomic mass is 33.2. The van der Waals surface area contributed by atoms with Crippen LogP contribution in [0.5, 0.6) is 0 Å². The highest BCUT2D eigenvalue weighted by Gasteiger charge is 2.53. The fraction of sp³-hybridized carbons (Fsp3) is 1.00. The van der Waals surface area contributed by atoms with E-state index in [9.17, 15) is 0 Å². The van der Waals surface area contributed by atoms with Crippen LogP contribution in [0.2, 0.25) is 0 Å². The standard InChI is InChI=1S/C5H11S4/c1-3-6-7-5-8-9(5)4-2/h5H,3-4H2,1-2H3/q+1. The normalized spacial score (nSPS) is 32.7. The Morgan fingerprint density at radius 3 is 2.78 bits per heavy atom. The van der Waals surface area contributed by atoms with Crippen LogP contribution in [-0.4, -0.2) is 15.4 Å². The minimum atomic E-state index is 0.747. The third-order valence-corrected chi connectivity index (χ3v) is 10.2. The van der Waals surface area contributed by atoms with Crippen molar-refractivity contribution < 1.29 is 0 Å². The second kappa shape index (κ2) is 4.31. The Morgan fingerprint density at radius 2 is 2.33 bits per heavy atom. The molecule has 0 radical (unpaired) electrons. The van der Waals surface area contributed by atoms with Crippen LogP contribution in [0.25, 0.3) is 0 Å². The maximum absolute atomic E-state index is 2.29.